The van der Waals surface area contributed by atoms with E-state index in [0.29, 0.717) is 0 Å². The maximum absolute atomic E-state index is 13.5. The van der Waals surface area contributed by atoms with Gasteiger partial charge < -0.3 is 5.11 Å². The van der Waals surface area contributed by atoms with E-state index >= 15 is 0 Å². The molecule has 0 radical (unpaired) electrons. The number of nitrogens with zero attached hydrogens (tertiary/aromatic N) is 2. The van der Waals surface area contributed by atoms with Crippen LogP contribution in [0.2, 0.25) is 5.02 Å². The van der Waals surface area contributed by atoms with E-state index in [0.717, 1.165) is 23.4 Å². The van der Waals surface area contributed by atoms with Gasteiger partial charge in [0.15, 0.2) is 0 Å². The molecule has 1 atom stereocenters. The van der Waals surface area contributed by atoms with Crippen molar-refractivity contribution in [3.63, 3.8) is 0 Å². The summed E-state index contributed by atoms with van der Waals surface area (Å²) in [4.78, 5) is 0. The van der Waals surface area contributed by atoms with Gasteiger partial charge in [-0.05, 0) is 35.9 Å². The normalized spacial score (nSPS) is 18.0. The number of hydrazone groups is 1. The Kier molecular flexibility index (Phi) is 4.26. The minimum absolute atomic E-state index is 0.0126. The lowest BCUT2D eigenvalue weighted by Crippen LogP contribution is -2.19. The van der Waals surface area contributed by atoms with Gasteiger partial charge >= 0.3 is 0 Å². The van der Waals surface area contributed by atoms with Gasteiger partial charge in [0.25, 0.3) is 0 Å². The third-order valence-electron chi connectivity index (χ3n) is 4.22. The molecule has 5 heteroatoms. The molecule has 1 heterocycles. The van der Waals surface area contributed by atoms with Crippen LogP contribution in [0.1, 0.15) is 38.8 Å². The van der Waals surface area contributed by atoms with Gasteiger partial charge in [-0.25, -0.2) is 4.39 Å². The number of phenols is 1. The maximum atomic E-state index is 13.5. The standard InChI is InChI=1S/C19H20ClFN2O/c1-19(2,3)18-11-17(12-4-7-14(24)8-5-12)23(22-18)13-6-9-16(21)15(20)10-13/h4-10,17,24H,11H2,1-3H3. The van der Waals surface area contributed by atoms with Crippen LogP contribution in [0.4, 0.5) is 10.1 Å². The molecule has 2 aromatic carbocycles. The number of benzene rings is 2. The zero-order chi connectivity index (χ0) is 17.5. The van der Waals surface area contributed by atoms with Gasteiger partial charge in [0.05, 0.1) is 16.8 Å². The lowest BCUT2D eigenvalue weighted by atomic mass is 9.86. The zero-order valence-electron chi connectivity index (χ0n) is 13.9. The number of hydrogen-bond acceptors (Lipinski definition) is 3. The summed E-state index contributed by atoms with van der Waals surface area (Å²) in [5.74, 6) is -0.217. The fraction of sp³-hybridized carbons (Fsp3) is 0.316. The van der Waals surface area contributed by atoms with Crippen LogP contribution in [-0.4, -0.2) is 10.8 Å². The topological polar surface area (TPSA) is 35.8 Å². The fourth-order valence-corrected chi connectivity index (χ4v) is 2.96. The van der Waals surface area contributed by atoms with E-state index in [9.17, 15) is 9.50 Å². The van der Waals surface area contributed by atoms with Crippen molar-refractivity contribution < 1.29 is 9.50 Å². The summed E-state index contributed by atoms with van der Waals surface area (Å²) in [6, 6.07) is 11.7. The lowest BCUT2D eigenvalue weighted by molar-refractivity contribution is 0.475. The van der Waals surface area contributed by atoms with Gasteiger partial charge in [-0.1, -0.05) is 44.5 Å². The average Bonchev–Trinajstić information content (AvgIpc) is 2.96. The van der Waals surface area contributed by atoms with Crippen LogP contribution >= 0.6 is 11.6 Å². The van der Waals surface area contributed by atoms with Gasteiger partial charge in [0.2, 0.25) is 0 Å². The maximum Gasteiger partial charge on any atom is 0.141 e. The monoisotopic (exact) mass is 346 g/mol. The molecule has 1 N–H and O–H groups in total. The van der Waals surface area contributed by atoms with Crippen LogP contribution in [0.5, 0.6) is 5.75 Å². The van der Waals surface area contributed by atoms with Gasteiger partial charge in [-0.15, -0.1) is 0 Å². The second-order valence-electron chi connectivity index (χ2n) is 7.05. The van der Waals surface area contributed by atoms with Crippen LogP contribution in [0.3, 0.4) is 0 Å². The van der Waals surface area contributed by atoms with E-state index in [2.05, 4.69) is 20.8 Å². The zero-order valence-corrected chi connectivity index (χ0v) is 14.7. The van der Waals surface area contributed by atoms with Crippen molar-refractivity contribution in [2.45, 2.75) is 33.2 Å². The lowest BCUT2D eigenvalue weighted by Gasteiger charge is -2.24. The minimum atomic E-state index is -0.444. The molecular weight excluding hydrogens is 327 g/mol. The molecule has 3 nitrogen and oxygen atoms in total. The quantitative estimate of drug-likeness (QED) is 0.775. The van der Waals surface area contributed by atoms with Crippen LogP contribution in [0, 0.1) is 11.2 Å². The molecule has 0 saturated heterocycles. The van der Waals surface area contributed by atoms with E-state index in [1.165, 1.54) is 6.07 Å². The molecule has 24 heavy (non-hydrogen) atoms. The second-order valence-corrected chi connectivity index (χ2v) is 7.46. The molecular formula is C19H20ClFN2O. The van der Waals surface area contributed by atoms with E-state index in [1.54, 1.807) is 24.3 Å². The Labute approximate surface area is 146 Å². The molecule has 126 valence electrons. The second kappa shape index (κ2) is 6.10. The van der Waals surface area contributed by atoms with Gasteiger partial charge in [-0.3, -0.25) is 5.01 Å². The number of phenolic OH excluding ortho intramolecular Hbond substituents is 1. The van der Waals surface area contributed by atoms with Crippen LogP contribution in [0.15, 0.2) is 47.6 Å². The summed E-state index contributed by atoms with van der Waals surface area (Å²) in [5.41, 5.74) is 2.80. The first kappa shape index (κ1) is 16.8. The smallest absolute Gasteiger partial charge is 0.141 e. The Morgan fingerprint density at radius 3 is 2.42 bits per heavy atom. The highest BCUT2D eigenvalue weighted by Crippen LogP contribution is 2.40. The molecule has 1 aliphatic rings. The molecule has 0 aliphatic carbocycles. The number of halogens is 2. The first-order chi connectivity index (χ1) is 11.3. The number of anilines is 1. The van der Waals surface area contributed by atoms with E-state index in [-0.39, 0.29) is 22.2 Å². The van der Waals surface area contributed by atoms with Crippen molar-refractivity contribution in [2.75, 3.05) is 5.01 Å². The van der Waals surface area contributed by atoms with Crippen molar-refractivity contribution in [2.24, 2.45) is 10.5 Å². The molecule has 3 rings (SSSR count). The van der Waals surface area contributed by atoms with Crippen molar-refractivity contribution in [1.29, 1.82) is 0 Å². The molecule has 0 bridgehead atoms. The first-order valence-electron chi connectivity index (χ1n) is 7.87. The van der Waals surface area contributed by atoms with Crippen LogP contribution in [0.25, 0.3) is 0 Å². The highest BCUT2D eigenvalue weighted by atomic mass is 35.5. The van der Waals surface area contributed by atoms with Crippen molar-refractivity contribution in [1.82, 2.24) is 0 Å². The number of rotatable bonds is 2. The summed E-state index contributed by atoms with van der Waals surface area (Å²) in [6.45, 7) is 6.38. The van der Waals surface area contributed by atoms with E-state index < -0.39 is 5.82 Å². The molecule has 0 aromatic heterocycles. The number of aromatic hydroxyl groups is 1. The molecule has 2 aromatic rings. The molecule has 1 unspecified atom stereocenters. The first-order valence-corrected chi connectivity index (χ1v) is 8.24. The van der Waals surface area contributed by atoms with Crippen molar-refractivity contribution >= 4 is 23.0 Å². The summed E-state index contributed by atoms with van der Waals surface area (Å²) in [5, 5.41) is 16.3. The highest BCUT2D eigenvalue weighted by Gasteiger charge is 2.34. The Hall–Kier alpha value is -2.07. The van der Waals surface area contributed by atoms with Gasteiger partial charge in [0.1, 0.15) is 11.6 Å². The number of hydrogen-bond donors (Lipinski definition) is 1. The Balaban J connectivity index is 2.03. The van der Waals surface area contributed by atoms with Crippen molar-refractivity contribution in [3.8, 4) is 5.75 Å². The van der Waals surface area contributed by atoms with Crippen molar-refractivity contribution in [3.05, 3.63) is 58.9 Å². The highest BCUT2D eigenvalue weighted by molar-refractivity contribution is 6.31. The van der Waals surface area contributed by atoms with Gasteiger partial charge in [0, 0.05) is 17.5 Å². The summed E-state index contributed by atoms with van der Waals surface area (Å²) in [7, 11) is 0. The average molecular weight is 347 g/mol. The molecule has 0 fully saturated rings. The third kappa shape index (κ3) is 3.24. The van der Waals surface area contributed by atoms with E-state index in [1.807, 2.05) is 17.1 Å². The third-order valence-corrected chi connectivity index (χ3v) is 4.51. The molecule has 1 aliphatic heterocycles. The Morgan fingerprint density at radius 1 is 1.17 bits per heavy atom. The largest absolute Gasteiger partial charge is 0.508 e. The van der Waals surface area contributed by atoms with Crippen LogP contribution < -0.4 is 5.01 Å². The van der Waals surface area contributed by atoms with Gasteiger partial charge in [-0.2, -0.15) is 5.10 Å². The minimum Gasteiger partial charge on any atom is -0.508 e. The summed E-state index contributed by atoms with van der Waals surface area (Å²) < 4.78 is 13.5. The fourth-order valence-electron chi connectivity index (χ4n) is 2.79. The SMILES string of the molecule is CC(C)(C)C1=NN(c2ccc(F)c(Cl)c2)C(c2ccc(O)cc2)C1. The molecule has 0 amide bonds. The van der Waals surface area contributed by atoms with E-state index in [4.69, 9.17) is 16.7 Å². The van der Waals surface area contributed by atoms with Crippen LogP contribution in [-0.2, 0) is 0 Å². The Bertz CT molecular complexity index is 781. The predicted octanol–water partition coefficient (Wildman–Crippen LogP) is 5.54. The predicted molar refractivity (Wildman–Crippen MR) is 96.2 cm³/mol. The molecule has 0 saturated carbocycles. The molecule has 0 spiro atoms. The summed E-state index contributed by atoms with van der Waals surface area (Å²) in [6.07, 6.45) is 0.767. The Morgan fingerprint density at radius 2 is 1.83 bits per heavy atom. The summed E-state index contributed by atoms with van der Waals surface area (Å²) >= 11 is 5.95.